The van der Waals surface area contributed by atoms with Gasteiger partial charge in [-0.3, -0.25) is 9.89 Å². The lowest BCUT2D eigenvalue weighted by molar-refractivity contribution is 0.0702. The van der Waals surface area contributed by atoms with Crippen LogP contribution in [0.25, 0.3) is 0 Å². The van der Waals surface area contributed by atoms with Crippen LogP contribution in [0.4, 0.5) is 0 Å². The molecule has 0 radical (unpaired) electrons. The third kappa shape index (κ3) is 2.95. The predicted octanol–water partition coefficient (Wildman–Crippen LogP) is 1.44. The molecule has 3 rings (SSSR count). The number of likely N-dealkylation sites (tertiary alicyclic amines) is 1. The van der Waals surface area contributed by atoms with Crippen LogP contribution in [-0.2, 0) is 9.84 Å². The van der Waals surface area contributed by atoms with Crippen LogP contribution in [0, 0.1) is 13.8 Å². The summed E-state index contributed by atoms with van der Waals surface area (Å²) < 4.78 is 28.9. The maximum absolute atomic E-state index is 12.8. The number of H-pyrrole nitrogens is 1. The fourth-order valence-electron chi connectivity index (χ4n) is 3.22. The molecule has 0 bridgehead atoms. The molecule has 1 N–H and O–H groups in total. The Morgan fingerprint density at radius 1 is 1.42 bits per heavy atom. The van der Waals surface area contributed by atoms with Crippen molar-refractivity contribution < 1.29 is 17.7 Å². The summed E-state index contributed by atoms with van der Waals surface area (Å²) in [4.78, 5) is 14.7. The first-order valence-electron chi connectivity index (χ1n) is 7.74. The number of piperidine rings is 1. The third-order valence-electron chi connectivity index (χ3n) is 4.40. The Labute approximate surface area is 140 Å². The molecule has 1 fully saturated rings. The summed E-state index contributed by atoms with van der Waals surface area (Å²) in [6, 6.07) is 0. The molecule has 1 atom stereocenters. The van der Waals surface area contributed by atoms with Crippen LogP contribution in [0.5, 0.6) is 0 Å². The fourth-order valence-corrected chi connectivity index (χ4v) is 4.07. The zero-order chi connectivity index (χ0) is 17.5. The van der Waals surface area contributed by atoms with Gasteiger partial charge in [-0.15, -0.1) is 0 Å². The number of sulfone groups is 1. The molecule has 1 saturated heterocycles. The van der Waals surface area contributed by atoms with E-state index in [9.17, 15) is 13.2 Å². The van der Waals surface area contributed by atoms with Gasteiger partial charge in [-0.1, -0.05) is 5.16 Å². The van der Waals surface area contributed by atoms with Gasteiger partial charge in [0.25, 0.3) is 5.91 Å². The zero-order valence-electron chi connectivity index (χ0n) is 13.9. The number of aryl methyl sites for hydroxylation is 2. The summed E-state index contributed by atoms with van der Waals surface area (Å²) in [5, 5.41) is 10.5. The number of rotatable bonds is 3. The van der Waals surface area contributed by atoms with E-state index in [2.05, 4.69) is 15.4 Å². The monoisotopic (exact) mass is 352 g/mol. The molecule has 1 amide bonds. The quantitative estimate of drug-likeness (QED) is 0.895. The Kier molecular flexibility index (Phi) is 4.20. The van der Waals surface area contributed by atoms with Gasteiger partial charge >= 0.3 is 0 Å². The normalized spacial score (nSPS) is 18.8. The van der Waals surface area contributed by atoms with Crippen molar-refractivity contribution in [3.8, 4) is 0 Å². The zero-order valence-corrected chi connectivity index (χ0v) is 14.7. The molecule has 9 heteroatoms. The molecule has 2 aromatic heterocycles. The van der Waals surface area contributed by atoms with Crippen LogP contribution in [-0.4, -0.2) is 53.9 Å². The number of nitrogens with one attached hydrogen (secondary N) is 1. The van der Waals surface area contributed by atoms with Crippen molar-refractivity contribution >= 4 is 15.7 Å². The van der Waals surface area contributed by atoms with Crippen LogP contribution in [0.15, 0.2) is 15.6 Å². The number of carbonyl (C=O) groups excluding carboxylic acids is 1. The molecular weight excluding hydrogens is 332 g/mol. The van der Waals surface area contributed by atoms with Crippen molar-refractivity contribution in [2.75, 3.05) is 19.3 Å². The lowest BCUT2D eigenvalue weighted by Gasteiger charge is -2.32. The van der Waals surface area contributed by atoms with Gasteiger partial charge in [0.1, 0.15) is 16.2 Å². The molecule has 0 saturated carbocycles. The molecular formula is C15H20N4O4S. The van der Waals surface area contributed by atoms with E-state index in [1.807, 2.05) is 0 Å². The van der Waals surface area contributed by atoms with Gasteiger partial charge in [0.05, 0.1) is 17.6 Å². The third-order valence-corrected chi connectivity index (χ3v) is 5.52. The molecule has 24 heavy (non-hydrogen) atoms. The molecule has 0 aromatic carbocycles. The van der Waals surface area contributed by atoms with Crippen molar-refractivity contribution in [1.29, 1.82) is 0 Å². The lowest BCUT2D eigenvalue weighted by Crippen LogP contribution is -2.39. The van der Waals surface area contributed by atoms with Gasteiger partial charge < -0.3 is 9.42 Å². The first-order valence-corrected chi connectivity index (χ1v) is 9.63. The molecule has 8 nitrogen and oxygen atoms in total. The number of nitrogens with zero attached hydrogens (tertiary/aromatic N) is 3. The molecule has 130 valence electrons. The largest absolute Gasteiger partial charge is 0.361 e. The average molecular weight is 352 g/mol. The summed E-state index contributed by atoms with van der Waals surface area (Å²) in [6.45, 7) is 4.52. The number of hydrogen-bond acceptors (Lipinski definition) is 6. The second-order valence-corrected chi connectivity index (χ2v) is 8.19. The van der Waals surface area contributed by atoms with E-state index in [1.54, 1.807) is 18.7 Å². The number of aromatic amines is 1. The van der Waals surface area contributed by atoms with Crippen molar-refractivity contribution in [2.45, 2.75) is 37.5 Å². The molecule has 0 spiro atoms. The smallest absolute Gasteiger partial charge is 0.259 e. The van der Waals surface area contributed by atoms with Crippen molar-refractivity contribution in [1.82, 2.24) is 20.3 Å². The summed E-state index contributed by atoms with van der Waals surface area (Å²) in [5.74, 6) is 0.282. The number of carbonyl (C=O) groups is 1. The van der Waals surface area contributed by atoms with Crippen LogP contribution in [0.1, 0.15) is 46.3 Å². The Balaban J connectivity index is 1.86. The highest BCUT2D eigenvalue weighted by Gasteiger charge is 2.32. The van der Waals surface area contributed by atoms with Gasteiger partial charge in [0.2, 0.25) is 0 Å². The molecule has 3 heterocycles. The number of amides is 1. The second-order valence-electron chi connectivity index (χ2n) is 6.21. The summed E-state index contributed by atoms with van der Waals surface area (Å²) in [7, 11) is -3.36. The standard InChI is InChI=1S/C15H20N4O4S/c1-9-13(10(2)23-18-9)15(20)19-6-4-5-11(8-19)14-12(7-16-17-14)24(3,21)22/h7,11H,4-6,8H2,1-3H3,(H,16,17). The maximum atomic E-state index is 12.8. The first kappa shape index (κ1) is 16.7. The van der Waals surface area contributed by atoms with E-state index >= 15 is 0 Å². The lowest BCUT2D eigenvalue weighted by atomic mass is 9.94. The minimum atomic E-state index is -3.36. The van der Waals surface area contributed by atoms with Gasteiger partial charge in [-0.05, 0) is 26.7 Å². The molecule has 0 aliphatic carbocycles. The maximum Gasteiger partial charge on any atom is 0.259 e. The van der Waals surface area contributed by atoms with E-state index in [0.717, 1.165) is 19.1 Å². The van der Waals surface area contributed by atoms with Crippen LogP contribution in [0.3, 0.4) is 0 Å². The minimum absolute atomic E-state index is 0.0876. The van der Waals surface area contributed by atoms with Gasteiger partial charge in [-0.2, -0.15) is 5.10 Å². The van der Waals surface area contributed by atoms with Crippen LogP contribution in [0.2, 0.25) is 0 Å². The van der Waals surface area contributed by atoms with Crippen molar-refractivity contribution in [2.24, 2.45) is 0 Å². The van der Waals surface area contributed by atoms with E-state index in [-0.39, 0.29) is 16.7 Å². The summed E-state index contributed by atoms with van der Waals surface area (Å²) >= 11 is 0. The summed E-state index contributed by atoms with van der Waals surface area (Å²) in [6.07, 6.45) is 4.09. The van der Waals surface area contributed by atoms with Gasteiger partial charge in [-0.25, -0.2) is 8.42 Å². The van der Waals surface area contributed by atoms with E-state index < -0.39 is 9.84 Å². The fraction of sp³-hybridized carbons (Fsp3) is 0.533. The molecule has 1 aliphatic heterocycles. The Morgan fingerprint density at radius 3 is 2.79 bits per heavy atom. The van der Waals surface area contributed by atoms with E-state index in [0.29, 0.717) is 35.8 Å². The van der Waals surface area contributed by atoms with E-state index in [1.165, 1.54) is 6.20 Å². The minimum Gasteiger partial charge on any atom is -0.361 e. The Bertz CT molecular complexity index is 848. The highest BCUT2D eigenvalue weighted by Crippen LogP contribution is 2.31. The second kappa shape index (κ2) is 6.04. The highest BCUT2D eigenvalue weighted by atomic mass is 32.2. The topological polar surface area (TPSA) is 109 Å². The number of aromatic nitrogens is 3. The first-order chi connectivity index (χ1) is 11.3. The number of hydrogen-bond donors (Lipinski definition) is 1. The molecule has 1 unspecified atom stereocenters. The summed E-state index contributed by atoms with van der Waals surface area (Å²) in [5.41, 5.74) is 1.63. The van der Waals surface area contributed by atoms with Crippen molar-refractivity contribution in [3.63, 3.8) is 0 Å². The predicted molar refractivity (Wildman–Crippen MR) is 85.6 cm³/mol. The Morgan fingerprint density at radius 2 is 2.17 bits per heavy atom. The SMILES string of the molecule is Cc1noc(C)c1C(=O)N1CCCC(c2[nH]ncc2S(C)(=O)=O)C1. The average Bonchev–Trinajstić information content (AvgIpc) is 3.14. The van der Waals surface area contributed by atoms with Gasteiger partial charge in [0, 0.05) is 25.3 Å². The highest BCUT2D eigenvalue weighted by molar-refractivity contribution is 7.90. The van der Waals surface area contributed by atoms with E-state index in [4.69, 9.17) is 4.52 Å². The van der Waals surface area contributed by atoms with Crippen LogP contribution >= 0.6 is 0 Å². The Hall–Kier alpha value is -2.16. The molecule has 1 aliphatic rings. The molecule has 2 aromatic rings. The van der Waals surface area contributed by atoms with Gasteiger partial charge in [0.15, 0.2) is 9.84 Å². The van der Waals surface area contributed by atoms with Crippen LogP contribution < -0.4 is 0 Å². The van der Waals surface area contributed by atoms with Crippen molar-refractivity contribution in [3.05, 3.63) is 28.9 Å².